The van der Waals surface area contributed by atoms with E-state index >= 15 is 0 Å². The van der Waals surface area contributed by atoms with Gasteiger partial charge in [0, 0.05) is 18.0 Å². The van der Waals surface area contributed by atoms with E-state index < -0.39 is 0 Å². The zero-order valence-electron chi connectivity index (χ0n) is 13.1. The molecule has 1 unspecified atom stereocenters. The van der Waals surface area contributed by atoms with Crippen molar-refractivity contribution in [3.63, 3.8) is 0 Å². The third kappa shape index (κ3) is 2.05. The van der Waals surface area contributed by atoms with Crippen LogP contribution in [0.2, 0.25) is 0 Å². The second kappa shape index (κ2) is 4.91. The third-order valence-corrected chi connectivity index (χ3v) is 5.78. The molecule has 0 bridgehead atoms. The lowest BCUT2D eigenvalue weighted by Crippen LogP contribution is -2.44. The Labute approximate surface area is 127 Å². The Hall–Kier alpha value is -1.22. The summed E-state index contributed by atoms with van der Waals surface area (Å²) in [6.45, 7) is 1.14. The number of rotatable bonds is 3. The van der Waals surface area contributed by atoms with E-state index in [1.807, 2.05) is 0 Å². The smallest absolute Gasteiger partial charge is 0.161 e. The van der Waals surface area contributed by atoms with Crippen LogP contribution in [0.5, 0.6) is 11.5 Å². The fourth-order valence-corrected chi connectivity index (χ4v) is 4.47. The van der Waals surface area contributed by atoms with Crippen molar-refractivity contribution < 1.29 is 9.47 Å². The van der Waals surface area contributed by atoms with Crippen LogP contribution in [-0.4, -0.2) is 20.8 Å². The minimum Gasteiger partial charge on any atom is -0.493 e. The highest BCUT2D eigenvalue weighted by atomic mass is 16.5. The van der Waals surface area contributed by atoms with Crippen LogP contribution in [-0.2, 0) is 5.41 Å². The van der Waals surface area contributed by atoms with Gasteiger partial charge in [0.15, 0.2) is 11.5 Å². The summed E-state index contributed by atoms with van der Waals surface area (Å²) in [6.07, 6.45) is 8.03. The van der Waals surface area contributed by atoms with E-state index in [2.05, 4.69) is 17.4 Å². The highest BCUT2D eigenvalue weighted by molar-refractivity contribution is 5.53. The molecule has 2 aliphatic carbocycles. The summed E-state index contributed by atoms with van der Waals surface area (Å²) in [7, 11) is 3.48. The molecule has 3 heteroatoms. The average Bonchev–Trinajstić information content (AvgIpc) is 3.26. The quantitative estimate of drug-likeness (QED) is 0.922. The summed E-state index contributed by atoms with van der Waals surface area (Å²) < 4.78 is 11.1. The van der Waals surface area contributed by atoms with Gasteiger partial charge in [0.25, 0.3) is 0 Å². The summed E-state index contributed by atoms with van der Waals surface area (Å²) in [5.74, 6) is 2.58. The number of nitrogens with one attached hydrogen (secondary N) is 1. The Morgan fingerprint density at radius 2 is 1.71 bits per heavy atom. The van der Waals surface area contributed by atoms with Crippen LogP contribution < -0.4 is 14.8 Å². The van der Waals surface area contributed by atoms with Gasteiger partial charge in [-0.05, 0) is 54.9 Å². The first kappa shape index (κ1) is 13.4. The monoisotopic (exact) mass is 287 g/mol. The Kier molecular flexibility index (Phi) is 3.14. The Morgan fingerprint density at radius 1 is 1.05 bits per heavy atom. The molecule has 1 spiro atoms. The molecule has 2 fully saturated rings. The lowest BCUT2D eigenvalue weighted by atomic mass is 9.71. The first-order chi connectivity index (χ1) is 10.3. The molecular formula is C18H25NO2. The standard InChI is InChI=1S/C18H25NO2/c1-20-15-9-13-14(10-16(15)21-2)18(7-3-4-8-18)11-19-17(13)12-5-6-12/h9-10,12,17,19H,3-8,11H2,1-2H3. The summed E-state index contributed by atoms with van der Waals surface area (Å²) in [4.78, 5) is 0. The van der Waals surface area contributed by atoms with Gasteiger partial charge in [-0.2, -0.15) is 0 Å². The van der Waals surface area contributed by atoms with Gasteiger partial charge < -0.3 is 14.8 Å². The third-order valence-electron chi connectivity index (χ3n) is 5.78. The van der Waals surface area contributed by atoms with Crippen LogP contribution in [0.25, 0.3) is 0 Å². The van der Waals surface area contributed by atoms with Crippen molar-refractivity contribution in [2.45, 2.75) is 50.0 Å². The van der Waals surface area contributed by atoms with E-state index in [1.165, 1.54) is 49.7 Å². The predicted octanol–water partition coefficient (Wildman–Crippen LogP) is 3.57. The highest BCUT2D eigenvalue weighted by Gasteiger charge is 2.45. The van der Waals surface area contributed by atoms with Gasteiger partial charge in [0.05, 0.1) is 14.2 Å². The minimum absolute atomic E-state index is 0.334. The Morgan fingerprint density at radius 3 is 2.33 bits per heavy atom. The number of benzene rings is 1. The molecule has 1 atom stereocenters. The predicted molar refractivity (Wildman–Crippen MR) is 83.2 cm³/mol. The van der Waals surface area contributed by atoms with Crippen LogP contribution >= 0.6 is 0 Å². The Balaban J connectivity index is 1.85. The SMILES string of the molecule is COc1cc2c(cc1OC)C1(CCCC1)CNC2C1CC1. The van der Waals surface area contributed by atoms with E-state index in [1.54, 1.807) is 14.2 Å². The molecule has 3 aliphatic rings. The highest BCUT2D eigenvalue weighted by Crippen LogP contribution is 2.53. The van der Waals surface area contributed by atoms with Crippen LogP contribution in [0.3, 0.4) is 0 Å². The van der Waals surface area contributed by atoms with Crippen molar-refractivity contribution >= 4 is 0 Å². The fraction of sp³-hybridized carbons (Fsp3) is 0.667. The molecule has 1 heterocycles. The van der Waals surface area contributed by atoms with E-state index in [0.717, 1.165) is 24.0 Å². The van der Waals surface area contributed by atoms with Gasteiger partial charge in [0.2, 0.25) is 0 Å². The van der Waals surface area contributed by atoms with E-state index in [-0.39, 0.29) is 0 Å². The van der Waals surface area contributed by atoms with Gasteiger partial charge in [-0.15, -0.1) is 0 Å². The van der Waals surface area contributed by atoms with Gasteiger partial charge >= 0.3 is 0 Å². The number of methoxy groups -OCH3 is 2. The molecular weight excluding hydrogens is 262 g/mol. The van der Waals surface area contributed by atoms with Gasteiger partial charge in [-0.25, -0.2) is 0 Å². The van der Waals surface area contributed by atoms with E-state index in [4.69, 9.17) is 9.47 Å². The molecule has 1 aromatic carbocycles. The molecule has 1 aliphatic heterocycles. The Bertz CT molecular complexity index is 544. The van der Waals surface area contributed by atoms with Crippen molar-refractivity contribution in [2.24, 2.45) is 5.92 Å². The lowest BCUT2D eigenvalue weighted by Gasteiger charge is -2.41. The first-order valence-electron chi connectivity index (χ1n) is 8.27. The summed E-state index contributed by atoms with van der Waals surface area (Å²) in [5.41, 5.74) is 3.34. The maximum absolute atomic E-state index is 5.57. The number of hydrogen-bond acceptors (Lipinski definition) is 3. The summed E-state index contributed by atoms with van der Waals surface area (Å²) >= 11 is 0. The largest absolute Gasteiger partial charge is 0.493 e. The maximum atomic E-state index is 5.57. The zero-order valence-corrected chi connectivity index (χ0v) is 13.1. The van der Waals surface area contributed by atoms with Gasteiger partial charge in [0.1, 0.15) is 0 Å². The van der Waals surface area contributed by atoms with Crippen molar-refractivity contribution in [1.29, 1.82) is 0 Å². The van der Waals surface area contributed by atoms with Crippen LogP contribution in [0, 0.1) is 5.92 Å². The lowest BCUT2D eigenvalue weighted by molar-refractivity contribution is 0.312. The zero-order chi connectivity index (χ0) is 14.4. The molecule has 2 saturated carbocycles. The second-order valence-electron chi connectivity index (χ2n) is 6.98. The molecule has 0 saturated heterocycles. The summed E-state index contributed by atoms with van der Waals surface area (Å²) in [5, 5.41) is 3.86. The molecule has 0 radical (unpaired) electrons. The van der Waals surface area contributed by atoms with Crippen molar-refractivity contribution in [2.75, 3.05) is 20.8 Å². The van der Waals surface area contributed by atoms with Crippen molar-refractivity contribution in [3.05, 3.63) is 23.3 Å². The van der Waals surface area contributed by atoms with Gasteiger partial charge in [-0.3, -0.25) is 0 Å². The first-order valence-corrected chi connectivity index (χ1v) is 8.27. The molecule has 4 rings (SSSR count). The molecule has 114 valence electrons. The van der Waals surface area contributed by atoms with Crippen molar-refractivity contribution in [3.8, 4) is 11.5 Å². The summed E-state index contributed by atoms with van der Waals surface area (Å²) in [6, 6.07) is 5.03. The topological polar surface area (TPSA) is 30.5 Å². The molecule has 1 N–H and O–H groups in total. The number of hydrogen-bond donors (Lipinski definition) is 1. The minimum atomic E-state index is 0.334. The average molecular weight is 287 g/mol. The number of fused-ring (bicyclic) bond motifs is 2. The van der Waals surface area contributed by atoms with E-state index in [9.17, 15) is 0 Å². The normalized spacial score (nSPS) is 26.7. The molecule has 1 aromatic rings. The second-order valence-corrected chi connectivity index (χ2v) is 6.98. The van der Waals surface area contributed by atoms with Crippen LogP contribution in [0.1, 0.15) is 55.7 Å². The molecule has 3 nitrogen and oxygen atoms in total. The maximum Gasteiger partial charge on any atom is 0.161 e. The fourth-order valence-electron chi connectivity index (χ4n) is 4.47. The van der Waals surface area contributed by atoms with Gasteiger partial charge in [-0.1, -0.05) is 12.8 Å². The van der Waals surface area contributed by atoms with Crippen LogP contribution in [0.15, 0.2) is 12.1 Å². The number of ether oxygens (including phenoxy) is 2. The molecule has 0 aromatic heterocycles. The van der Waals surface area contributed by atoms with Crippen molar-refractivity contribution in [1.82, 2.24) is 5.32 Å². The molecule has 0 amide bonds. The van der Waals surface area contributed by atoms with E-state index in [0.29, 0.717) is 11.5 Å². The van der Waals surface area contributed by atoms with Crippen LogP contribution in [0.4, 0.5) is 0 Å². The molecule has 21 heavy (non-hydrogen) atoms.